The molecule has 2 N–H and O–H groups in total. The smallest absolute Gasteiger partial charge is 0.128 e. The van der Waals surface area contributed by atoms with E-state index in [-0.39, 0.29) is 11.6 Å². The third kappa shape index (κ3) is 3.15. The van der Waals surface area contributed by atoms with Gasteiger partial charge < -0.3 is 5.73 Å². The van der Waals surface area contributed by atoms with Gasteiger partial charge in [0.05, 0.1) is 0 Å². The van der Waals surface area contributed by atoms with E-state index in [9.17, 15) is 8.78 Å². The molecule has 94 valence electrons. The Morgan fingerprint density at radius 2 is 1.89 bits per heavy atom. The Kier molecular flexibility index (Phi) is 4.09. The van der Waals surface area contributed by atoms with Gasteiger partial charge in [0.15, 0.2) is 0 Å². The summed E-state index contributed by atoms with van der Waals surface area (Å²) in [7, 11) is 0. The first-order valence-corrected chi connectivity index (χ1v) is 6.54. The molecule has 2 aromatic rings. The molecular formula is C13H10ClF2NS. The van der Waals surface area contributed by atoms with Crippen molar-refractivity contribution in [3.05, 3.63) is 58.6 Å². The van der Waals surface area contributed by atoms with E-state index in [1.165, 1.54) is 36.0 Å². The van der Waals surface area contributed by atoms with E-state index in [4.69, 9.17) is 17.3 Å². The molecule has 0 unspecified atom stereocenters. The summed E-state index contributed by atoms with van der Waals surface area (Å²) in [6.45, 7) is 0. The zero-order chi connectivity index (χ0) is 13.1. The Labute approximate surface area is 113 Å². The van der Waals surface area contributed by atoms with Crippen molar-refractivity contribution in [1.29, 1.82) is 0 Å². The number of thioether (sulfide) groups is 1. The van der Waals surface area contributed by atoms with Crippen LogP contribution in [-0.4, -0.2) is 0 Å². The Balaban J connectivity index is 2.13. The maximum Gasteiger partial charge on any atom is 0.128 e. The van der Waals surface area contributed by atoms with Crippen molar-refractivity contribution in [1.82, 2.24) is 0 Å². The molecule has 0 aromatic heterocycles. The fourth-order valence-corrected chi connectivity index (χ4v) is 2.56. The van der Waals surface area contributed by atoms with E-state index in [1.807, 2.05) is 0 Å². The topological polar surface area (TPSA) is 26.0 Å². The molecule has 2 aromatic carbocycles. The third-order valence-electron chi connectivity index (χ3n) is 2.37. The third-order valence-corrected chi connectivity index (χ3v) is 3.73. The van der Waals surface area contributed by atoms with E-state index in [2.05, 4.69) is 0 Å². The van der Waals surface area contributed by atoms with Crippen molar-refractivity contribution < 1.29 is 8.78 Å². The van der Waals surface area contributed by atoms with Gasteiger partial charge in [0.1, 0.15) is 11.6 Å². The lowest BCUT2D eigenvalue weighted by Crippen LogP contribution is -1.92. The summed E-state index contributed by atoms with van der Waals surface area (Å²) in [6, 6.07) is 8.62. The first kappa shape index (κ1) is 13.2. The van der Waals surface area contributed by atoms with Crippen molar-refractivity contribution in [3.63, 3.8) is 0 Å². The monoisotopic (exact) mass is 285 g/mol. The zero-order valence-corrected chi connectivity index (χ0v) is 10.9. The van der Waals surface area contributed by atoms with Crippen LogP contribution in [0.4, 0.5) is 14.5 Å². The summed E-state index contributed by atoms with van der Waals surface area (Å²) < 4.78 is 26.6. The Morgan fingerprint density at radius 1 is 1.11 bits per heavy atom. The Bertz CT molecular complexity index is 575. The zero-order valence-electron chi connectivity index (χ0n) is 9.29. The Hall–Kier alpha value is -1.26. The average Bonchev–Trinajstić information content (AvgIpc) is 2.32. The van der Waals surface area contributed by atoms with Gasteiger partial charge >= 0.3 is 0 Å². The number of hydrogen-bond donors (Lipinski definition) is 1. The second-order valence-electron chi connectivity index (χ2n) is 3.71. The van der Waals surface area contributed by atoms with Crippen molar-refractivity contribution >= 4 is 29.1 Å². The predicted octanol–water partition coefficient (Wildman–Crippen LogP) is 4.49. The standard InChI is InChI=1S/C13H10ClF2NS/c14-9-2-1-8(11(16)5-9)7-18-13-6-10(15)3-4-12(13)17/h1-6H,7,17H2. The van der Waals surface area contributed by atoms with Crippen LogP contribution in [0.5, 0.6) is 0 Å². The van der Waals surface area contributed by atoms with Gasteiger partial charge in [0.2, 0.25) is 0 Å². The van der Waals surface area contributed by atoms with Gasteiger partial charge in [-0.1, -0.05) is 17.7 Å². The predicted molar refractivity (Wildman–Crippen MR) is 71.8 cm³/mol. The van der Waals surface area contributed by atoms with E-state index in [1.54, 1.807) is 12.1 Å². The molecular weight excluding hydrogens is 276 g/mol. The first-order chi connectivity index (χ1) is 8.56. The molecule has 5 heteroatoms. The van der Waals surface area contributed by atoms with Crippen LogP contribution in [0.1, 0.15) is 5.56 Å². The van der Waals surface area contributed by atoms with Crippen molar-refractivity contribution in [3.8, 4) is 0 Å². The SMILES string of the molecule is Nc1ccc(F)cc1SCc1ccc(Cl)cc1F. The molecule has 0 saturated heterocycles. The minimum atomic E-state index is -0.370. The first-order valence-electron chi connectivity index (χ1n) is 5.18. The van der Waals surface area contributed by atoms with Crippen LogP contribution >= 0.6 is 23.4 Å². The number of anilines is 1. The Morgan fingerprint density at radius 3 is 2.61 bits per heavy atom. The molecule has 18 heavy (non-hydrogen) atoms. The summed E-state index contributed by atoms with van der Waals surface area (Å²) in [5.74, 6) is -0.357. The van der Waals surface area contributed by atoms with Crippen molar-refractivity contribution in [2.75, 3.05) is 5.73 Å². The van der Waals surface area contributed by atoms with E-state index in [0.717, 1.165) is 0 Å². The highest BCUT2D eigenvalue weighted by atomic mass is 35.5. The summed E-state index contributed by atoms with van der Waals surface area (Å²) in [4.78, 5) is 0.601. The van der Waals surface area contributed by atoms with Crippen LogP contribution in [0.25, 0.3) is 0 Å². The van der Waals surface area contributed by atoms with Gasteiger partial charge in [-0.2, -0.15) is 0 Å². The van der Waals surface area contributed by atoms with Gasteiger partial charge in [0, 0.05) is 21.4 Å². The molecule has 0 aliphatic heterocycles. The molecule has 0 radical (unpaired) electrons. The summed E-state index contributed by atoms with van der Waals surface area (Å²) in [5.41, 5.74) is 6.70. The fraction of sp³-hybridized carbons (Fsp3) is 0.0769. The maximum absolute atomic E-state index is 13.5. The van der Waals surface area contributed by atoms with Gasteiger partial charge in [0.25, 0.3) is 0 Å². The van der Waals surface area contributed by atoms with Crippen LogP contribution in [0.15, 0.2) is 41.3 Å². The number of rotatable bonds is 3. The molecule has 0 heterocycles. The second-order valence-corrected chi connectivity index (χ2v) is 5.16. The molecule has 1 nitrogen and oxygen atoms in total. The summed E-state index contributed by atoms with van der Waals surface area (Å²) in [6.07, 6.45) is 0. The highest BCUT2D eigenvalue weighted by Crippen LogP contribution is 2.30. The average molecular weight is 286 g/mol. The molecule has 0 fully saturated rings. The lowest BCUT2D eigenvalue weighted by molar-refractivity contribution is 0.617. The molecule has 0 bridgehead atoms. The summed E-state index contributed by atoms with van der Waals surface area (Å²) >= 11 is 6.95. The minimum Gasteiger partial charge on any atom is -0.398 e. The molecule has 2 rings (SSSR count). The van der Waals surface area contributed by atoms with E-state index in [0.29, 0.717) is 26.9 Å². The van der Waals surface area contributed by atoms with Gasteiger partial charge in [-0.3, -0.25) is 0 Å². The quantitative estimate of drug-likeness (QED) is 0.664. The van der Waals surface area contributed by atoms with Crippen LogP contribution in [-0.2, 0) is 5.75 Å². The fourth-order valence-electron chi connectivity index (χ4n) is 1.43. The normalized spacial score (nSPS) is 10.6. The number of nitrogen functional groups attached to an aromatic ring is 1. The molecule has 0 atom stereocenters. The van der Waals surface area contributed by atoms with Gasteiger partial charge in [-0.15, -0.1) is 11.8 Å². The molecule has 0 spiro atoms. The van der Waals surface area contributed by atoms with E-state index < -0.39 is 0 Å². The molecule has 0 amide bonds. The van der Waals surface area contributed by atoms with Crippen LogP contribution in [0.2, 0.25) is 5.02 Å². The van der Waals surface area contributed by atoms with Gasteiger partial charge in [-0.25, -0.2) is 8.78 Å². The lowest BCUT2D eigenvalue weighted by Gasteiger charge is -2.06. The highest BCUT2D eigenvalue weighted by Gasteiger charge is 2.06. The van der Waals surface area contributed by atoms with Gasteiger partial charge in [-0.05, 0) is 35.9 Å². The van der Waals surface area contributed by atoms with Crippen molar-refractivity contribution in [2.24, 2.45) is 0 Å². The summed E-state index contributed by atoms with van der Waals surface area (Å²) in [5, 5.41) is 0.353. The number of benzene rings is 2. The van der Waals surface area contributed by atoms with E-state index >= 15 is 0 Å². The van der Waals surface area contributed by atoms with Crippen molar-refractivity contribution in [2.45, 2.75) is 10.6 Å². The maximum atomic E-state index is 13.5. The van der Waals surface area contributed by atoms with Crippen LogP contribution < -0.4 is 5.73 Å². The molecule has 0 saturated carbocycles. The molecule has 0 aliphatic carbocycles. The largest absolute Gasteiger partial charge is 0.398 e. The number of halogens is 3. The van der Waals surface area contributed by atoms with Crippen LogP contribution in [0.3, 0.4) is 0 Å². The highest BCUT2D eigenvalue weighted by molar-refractivity contribution is 7.98. The second kappa shape index (κ2) is 5.59. The minimum absolute atomic E-state index is 0.353. The lowest BCUT2D eigenvalue weighted by atomic mass is 10.2. The van der Waals surface area contributed by atoms with Crippen LogP contribution in [0, 0.1) is 11.6 Å². The number of nitrogens with two attached hydrogens (primary N) is 1. The number of hydrogen-bond acceptors (Lipinski definition) is 2. The molecule has 0 aliphatic rings.